The van der Waals surface area contributed by atoms with Crippen LogP contribution in [0, 0.1) is 0 Å². The Balaban J connectivity index is 1.67. The zero-order valence-electron chi connectivity index (χ0n) is 15.2. The molecule has 3 aromatic rings. The van der Waals surface area contributed by atoms with Crippen LogP contribution in [0.15, 0.2) is 83.8 Å². The number of thioether (sulfide) groups is 1. The Labute approximate surface area is 167 Å². The van der Waals surface area contributed by atoms with Crippen molar-refractivity contribution in [2.24, 2.45) is 0 Å². The summed E-state index contributed by atoms with van der Waals surface area (Å²) in [4.78, 5) is 13.1. The minimum atomic E-state index is -2.45. The molecule has 0 aromatic heterocycles. The van der Waals surface area contributed by atoms with Gasteiger partial charge in [-0.05, 0) is 42.8 Å². The lowest BCUT2D eigenvalue weighted by Gasteiger charge is -2.17. The maximum absolute atomic E-state index is 12.6. The van der Waals surface area contributed by atoms with Crippen molar-refractivity contribution in [2.75, 3.05) is 10.6 Å². The number of rotatable bonds is 7. The summed E-state index contributed by atoms with van der Waals surface area (Å²) in [6.45, 7) is 1.75. The Morgan fingerprint density at radius 2 is 1.54 bits per heavy atom. The monoisotopic (exact) mass is 398 g/mol. The van der Waals surface area contributed by atoms with Crippen LogP contribution in [-0.2, 0) is 4.79 Å². The fraction of sp³-hybridized carbons (Fsp3) is 0.136. The summed E-state index contributed by atoms with van der Waals surface area (Å²) in [5.74, 6) is -2.64. The van der Waals surface area contributed by atoms with Crippen molar-refractivity contribution in [2.45, 2.75) is 23.6 Å². The molecule has 144 valence electrons. The molecule has 0 aliphatic rings. The molecule has 0 radical (unpaired) electrons. The van der Waals surface area contributed by atoms with Gasteiger partial charge in [-0.25, -0.2) is 0 Å². The normalized spacial score (nSPS) is 11.9. The molecule has 0 aliphatic carbocycles. The highest BCUT2D eigenvalue weighted by Crippen LogP contribution is 2.28. The number of hydrogen-bond acceptors (Lipinski definition) is 3. The molecule has 0 aliphatic heterocycles. The van der Waals surface area contributed by atoms with Crippen LogP contribution >= 0.6 is 11.8 Å². The van der Waals surface area contributed by atoms with E-state index in [4.69, 9.17) is 0 Å². The van der Waals surface area contributed by atoms with E-state index in [1.165, 1.54) is 0 Å². The van der Waals surface area contributed by atoms with Crippen molar-refractivity contribution in [3.05, 3.63) is 78.9 Å². The third-order valence-electron chi connectivity index (χ3n) is 4.13. The van der Waals surface area contributed by atoms with E-state index in [1.54, 1.807) is 31.2 Å². The van der Waals surface area contributed by atoms with E-state index in [2.05, 4.69) is 10.6 Å². The molecule has 0 saturated heterocycles. The second-order valence-electron chi connectivity index (χ2n) is 6.17. The lowest BCUT2D eigenvalue weighted by atomic mass is 10.0. The van der Waals surface area contributed by atoms with Crippen molar-refractivity contribution in [1.29, 1.82) is 0 Å². The van der Waals surface area contributed by atoms with Crippen LogP contribution in [0.1, 0.15) is 6.92 Å². The summed E-state index contributed by atoms with van der Waals surface area (Å²) in [6.07, 6.45) is 0. The number of anilines is 2. The molecular formula is C22H20F2N2OS. The molecule has 1 amide bonds. The first-order chi connectivity index (χ1) is 13.5. The van der Waals surface area contributed by atoms with Crippen LogP contribution < -0.4 is 10.6 Å². The molecule has 0 fully saturated rings. The van der Waals surface area contributed by atoms with Crippen LogP contribution in [0.4, 0.5) is 20.2 Å². The van der Waals surface area contributed by atoms with Crippen LogP contribution in [0.3, 0.4) is 0 Å². The lowest BCUT2D eigenvalue weighted by molar-refractivity contribution is -0.116. The molecule has 3 aromatic carbocycles. The van der Waals surface area contributed by atoms with E-state index in [9.17, 15) is 13.6 Å². The molecule has 0 unspecified atom stereocenters. The first kappa shape index (κ1) is 19.9. The Kier molecular flexibility index (Phi) is 6.66. The molecule has 0 spiro atoms. The molecule has 1 atom stereocenters. The Hall–Kier alpha value is -2.86. The van der Waals surface area contributed by atoms with Gasteiger partial charge >= 0.3 is 0 Å². The van der Waals surface area contributed by atoms with Gasteiger partial charge in [0.2, 0.25) is 5.91 Å². The van der Waals surface area contributed by atoms with E-state index in [0.29, 0.717) is 22.3 Å². The van der Waals surface area contributed by atoms with E-state index in [-0.39, 0.29) is 5.91 Å². The molecule has 3 rings (SSSR count). The van der Waals surface area contributed by atoms with Gasteiger partial charge in [-0.3, -0.25) is 4.79 Å². The number of nitrogens with one attached hydrogen (secondary N) is 2. The van der Waals surface area contributed by atoms with Crippen molar-refractivity contribution < 1.29 is 13.6 Å². The molecule has 0 saturated carbocycles. The van der Waals surface area contributed by atoms with Crippen LogP contribution in [-0.4, -0.2) is 17.7 Å². The molecule has 0 heterocycles. The van der Waals surface area contributed by atoms with Crippen molar-refractivity contribution >= 4 is 29.0 Å². The first-order valence-electron chi connectivity index (χ1n) is 8.79. The smallest absolute Gasteiger partial charge is 0.288 e. The van der Waals surface area contributed by atoms with E-state index in [1.807, 2.05) is 54.6 Å². The Morgan fingerprint density at radius 3 is 2.21 bits per heavy atom. The average Bonchev–Trinajstić information content (AvgIpc) is 2.70. The predicted molar refractivity (Wildman–Crippen MR) is 112 cm³/mol. The minimum Gasteiger partial charge on any atom is -0.374 e. The zero-order chi connectivity index (χ0) is 19.9. The van der Waals surface area contributed by atoms with Gasteiger partial charge in [0.15, 0.2) is 0 Å². The summed E-state index contributed by atoms with van der Waals surface area (Å²) in [5.41, 5.74) is 3.39. The second-order valence-corrected chi connectivity index (χ2v) is 7.23. The van der Waals surface area contributed by atoms with Gasteiger partial charge in [0.25, 0.3) is 5.76 Å². The van der Waals surface area contributed by atoms with Crippen molar-refractivity contribution in [3.8, 4) is 11.1 Å². The summed E-state index contributed by atoms with van der Waals surface area (Å²) in [6, 6.07) is 23.5. The highest BCUT2D eigenvalue weighted by atomic mass is 32.2. The molecule has 28 heavy (non-hydrogen) atoms. The minimum absolute atomic E-state index is 0.186. The number of carbonyl (C=O) groups is 1. The molecule has 3 nitrogen and oxygen atoms in total. The van der Waals surface area contributed by atoms with Gasteiger partial charge in [-0.1, -0.05) is 60.3 Å². The second kappa shape index (κ2) is 9.37. The predicted octanol–water partition coefficient (Wildman–Crippen LogP) is 6.11. The van der Waals surface area contributed by atoms with Gasteiger partial charge in [0.05, 0.1) is 0 Å². The van der Waals surface area contributed by atoms with Gasteiger partial charge in [0.1, 0.15) is 6.04 Å². The number of hydrogen-bond donors (Lipinski definition) is 2. The summed E-state index contributed by atoms with van der Waals surface area (Å²) in [5, 5.41) is 6.05. The van der Waals surface area contributed by atoms with Crippen molar-refractivity contribution in [1.82, 2.24) is 0 Å². The SMILES string of the molecule is C[C@@H](Nc1ccc(SC(F)F)cc1)C(=O)Nc1ccccc1-c1ccccc1. The lowest BCUT2D eigenvalue weighted by Crippen LogP contribution is -2.32. The first-order valence-corrected chi connectivity index (χ1v) is 9.67. The fourth-order valence-corrected chi connectivity index (χ4v) is 3.25. The van der Waals surface area contributed by atoms with Crippen molar-refractivity contribution in [3.63, 3.8) is 0 Å². The van der Waals surface area contributed by atoms with Crippen LogP contribution in [0.25, 0.3) is 11.1 Å². The molecule has 2 N–H and O–H groups in total. The number of para-hydroxylation sites is 1. The maximum Gasteiger partial charge on any atom is 0.288 e. The number of amides is 1. The third-order valence-corrected chi connectivity index (χ3v) is 4.85. The summed E-state index contributed by atoms with van der Waals surface area (Å²) in [7, 11) is 0. The van der Waals surface area contributed by atoms with Crippen LogP contribution in [0.5, 0.6) is 0 Å². The zero-order valence-corrected chi connectivity index (χ0v) is 16.0. The third kappa shape index (κ3) is 5.33. The maximum atomic E-state index is 12.6. The highest BCUT2D eigenvalue weighted by molar-refractivity contribution is 7.99. The number of alkyl halides is 2. The van der Waals surface area contributed by atoms with Gasteiger partial charge < -0.3 is 10.6 Å². The van der Waals surface area contributed by atoms with Gasteiger partial charge in [-0.2, -0.15) is 8.78 Å². The Bertz CT molecular complexity index is 917. The van der Waals surface area contributed by atoms with E-state index in [0.717, 1.165) is 16.8 Å². The number of carbonyl (C=O) groups excluding carboxylic acids is 1. The molecule has 0 bridgehead atoms. The van der Waals surface area contributed by atoms with Gasteiger partial charge in [0, 0.05) is 21.8 Å². The molecule has 6 heteroatoms. The number of halogens is 2. The standard InChI is InChI=1S/C22H20F2N2OS/c1-15(25-17-11-13-18(14-12-17)28-22(23)24)21(27)26-20-10-6-5-9-19(20)16-7-3-2-4-8-16/h2-15,22,25H,1H3,(H,26,27)/t15-/m1/s1. The number of benzene rings is 3. The van der Waals surface area contributed by atoms with E-state index < -0.39 is 11.8 Å². The average molecular weight is 398 g/mol. The highest BCUT2D eigenvalue weighted by Gasteiger charge is 2.15. The van der Waals surface area contributed by atoms with E-state index >= 15 is 0 Å². The Morgan fingerprint density at radius 1 is 0.893 bits per heavy atom. The fourth-order valence-electron chi connectivity index (χ4n) is 2.75. The summed E-state index contributed by atoms with van der Waals surface area (Å²) < 4.78 is 24.8. The van der Waals surface area contributed by atoms with Gasteiger partial charge in [-0.15, -0.1) is 0 Å². The quantitative estimate of drug-likeness (QED) is 0.472. The topological polar surface area (TPSA) is 41.1 Å². The molecular weight excluding hydrogens is 378 g/mol. The van der Waals surface area contributed by atoms with Crippen LogP contribution in [0.2, 0.25) is 0 Å². The summed E-state index contributed by atoms with van der Waals surface area (Å²) >= 11 is 0.493. The largest absolute Gasteiger partial charge is 0.374 e.